The third-order valence-electron chi connectivity index (χ3n) is 6.89. The Balaban J connectivity index is 1.40. The van der Waals surface area contributed by atoms with Crippen LogP contribution in [0.25, 0.3) is 0 Å². The van der Waals surface area contributed by atoms with Crippen LogP contribution < -0.4 is 4.90 Å². The number of piperidine rings is 1. The molecule has 0 aromatic carbocycles. The van der Waals surface area contributed by atoms with Gasteiger partial charge in [0.15, 0.2) is 0 Å². The summed E-state index contributed by atoms with van der Waals surface area (Å²) < 4.78 is 0. The zero-order valence-corrected chi connectivity index (χ0v) is 17.0. The van der Waals surface area contributed by atoms with Gasteiger partial charge in [-0.3, -0.25) is 9.69 Å². The van der Waals surface area contributed by atoms with Gasteiger partial charge in [-0.25, -0.2) is 4.98 Å². The summed E-state index contributed by atoms with van der Waals surface area (Å²) in [6.07, 6.45) is 11.6. The molecule has 0 unspecified atom stereocenters. The van der Waals surface area contributed by atoms with Crippen LogP contribution in [0.3, 0.4) is 0 Å². The second-order valence-electron chi connectivity index (χ2n) is 9.05. The molecule has 1 aromatic heterocycles. The van der Waals surface area contributed by atoms with Gasteiger partial charge in [-0.05, 0) is 50.3 Å². The number of carbonyl (C=O) groups is 1. The van der Waals surface area contributed by atoms with E-state index in [-0.39, 0.29) is 5.41 Å². The normalized spacial score (nSPS) is 27.5. The molecular formula is C22H34N4O. The van der Waals surface area contributed by atoms with Crippen molar-refractivity contribution in [3.63, 3.8) is 0 Å². The summed E-state index contributed by atoms with van der Waals surface area (Å²) in [5, 5.41) is 0. The first kappa shape index (κ1) is 18.7. The van der Waals surface area contributed by atoms with Crippen molar-refractivity contribution in [1.82, 2.24) is 14.8 Å². The van der Waals surface area contributed by atoms with E-state index in [1.165, 1.54) is 44.1 Å². The van der Waals surface area contributed by atoms with E-state index in [0.29, 0.717) is 11.9 Å². The summed E-state index contributed by atoms with van der Waals surface area (Å²) in [7, 11) is 4.03. The summed E-state index contributed by atoms with van der Waals surface area (Å²) in [5.74, 6) is 1.45. The number of amides is 1. The topological polar surface area (TPSA) is 39.7 Å². The summed E-state index contributed by atoms with van der Waals surface area (Å²) in [4.78, 5) is 24.8. The van der Waals surface area contributed by atoms with Gasteiger partial charge in [0.2, 0.25) is 5.91 Å². The molecular weight excluding hydrogens is 336 g/mol. The Hall–Kier alpha value is -1.62. The van der Waals surface area contributed by atoms with Crippen molar-refractivity contribution in [3.8, 4) is 0 Å². The molecule has 4 rings (SSSR count). The Bertz CT molecular complexity index is 653. The molecule has 0 N–H and O–H groups in total. The molecule has 2 aliphatic heterocycles. The maximum atomic E-state index is 13.4. The number of hydrogen-bond acceptors (Lipinski definition) is 4. The number of rotatable bonds is 4. The van der Waals surface area contributed by atoms with Crippen LogP contribution in [0.1, 0.15) is 56.9 Å². The smallest absolute Gasteiger partial charge is 0.230 e. The highest BCUT2D eigenvalue weighted by molar-refractivity contribution is 5.84. The Kier molecular flexibility index (Phi) is 5.40. The molecule has 1 spiro atoms. The van der Waals surface area contributed by atoms with E-state index in [2.05, 4.69) is 26.9 Å². The molecule has 3 fully saturated rings. The number of carbonyl (C=O) groups excluding carboxylic acids is 1. The highest BCUT2D eigenvalue weighted by atomic mass is 16.2. The van der Waals surface area contributed by atoms with Gasteiger partial charge < -0.3 is 9.80 Å². The molecule has 2 saturated heterocycles. The fourth-order valence-electron chi connectivity index (χ4n) is 5.35. The van der Waals surface area contributed by atoms with Crippen LogP contribution in [0.15, 0.2) is 18.3 Å². The third-order valence-corrected chi connectivity index (χ3v) is 6.89. The first-order valence-electron chi connectivity index (χ1n) is 10.7. The highest BCUT2D eigenvalue weighted by Crippen LogP contribution is 2.42. The van der Waals surface area contributed by atoms with Gasteiger partial charge in [-0.1, -0.05) is 25.3 Å². The third kappa shape index (κ3) is 3.84. The second kappa shape index (κ2) is 7.78. The van der Waals surface area contributed by atoms with Crippen molar-refractivity contribution in [3.05, 3.63) is 23.9 Å². The number of hydrogen-bond donors (Lipinski definition) is 0. The van der Waals surface area contributed by atoms with Crippen molar-refractivity contribution in [2.45, 2.75) is 64.0 Å². The molecule has 1 atom stereocenters. The largest absolute Gasteiger partial charge is 0.363 e. The quantitative estimate of drug-likeness (QED) is 0.815. The molecule has 0 radical (unpaired) electrons. The highest BCUT2D eigenvalue weighted by Gasteiger charge is 2.49. The maximum absolute atomic E-state index is 13.4. The average Bonchev–Trinajstić information content (AvgIpc) is 3.09. The zero-order valence-electron chi connectivity index (χ0n) is 17.0. The summed E-state index contributed by atoms with van der Waals surface area (Å²) >= 11 is 0. The van der Waals surface area contributed by atoms with Crippen molar-refractivity contribution in [1.29, 1.82) is 0 Å². The van der Waals surface area contributed by atoms with Gasteiger partial charge in [0.25, 0.3) is 0 Å². The fraction of sp³-hybridized carbons (Fsp3) is 0.727. The van der Waals surface area contributed by atoms with Crippen molar-refractivity contribution < 1.29 is 4.79 Å². The Morgan fingerprint density at radius 3 is 2.63 bits per heavy atom. The molecule has 1 aliphatic carbocycles. The lowest BCUT2D eigenvalue weighted by Gasteiger charge is -2.44. The van der Waals surface area contributed by atoms with Crippen LogP contribution in [0, 0.1) is 5.41 Å². The second-order valence-corrected chi connectivity index (χ2v) is 9.05. The lowest BCUT2D eigenvalue weighted by Crippen LogP contribution is -2.54. The molecule has 0 bridgehead atoms. The van der Waals surface area contributed by atoms with Gasteiger partial charge in [0, 0.05) is 46.0 Å². The Morgan fingerprint density at radius 2 is 1.93 bits per heavy atom. The molecule has 1 amide bonds. The van der Waals surface area contributed by atoms with E-state index in [9.17, 15) is 4.79 Å². The predicted octanol–water partition coefficient (Wildman–Crippen LogP) is 3.29. The van der Waals surface area contributed by atoms with E-state index < -0.39 is 0 Å². The van der Waals surface area contributed by atoms with Crippen LogP contribution in [-0.2, 0) is 11.3 Å². The minimum absolute atomic E-state index is 0.118. The molecule has 5 heteroatoms. The van der Waals surface area contributed by atoms with Gasteiger partial charge in [-0.15, -0.1) is 0 Å². The standard InChI is InChI=1S/C22H34N4O/c1-24(2)20-10-9-18(15-23-20)16-25-14-12-22(17-25)11-6-13-26(21(22)27)19-7-4-3-5-8-19/h9-10,15,19H,3-8,11-14,16-17H2,1-2H3/t22-/m0/s1. The van der Waals surface area contributed by atoms with Crippen LogP contribution in [0.2, 0.25) is 0 Å². The summed E-state index contributed by atoms with van der Waals surface area (Å²) in [6, 6.07) is 4.77. The number of anilines is 1. The van der Waals surface area contributed by atoms with Gasteiger partial charge >= 0.3 is 0 Å². The number of pyridine rings is 1. The van der Waals surface area contributed by atoms with E-state index >= 15 is 0 Å². The average molecular weight is 371 g/mol. The predicted molar refractivity (Wildman–Crippen MR) is 109 cm³/mol. The monoisotopic (exact) mass is 370 g/mol. The minimum Gasteiger partial charge on any atom is -0.363 e. The van der Waals surface area contributed by atoms with Gasteiger partial charge in [0.05, 0.1) is 5.41 Å². The number of likely N-dealkylation sites (tertiary alicyclic amines) is 2. The first-order chi connectivity index (χ1) is 13.1. The van der Waals surface area contributed by atoms with Crippen molar-refractivity contribution >= 4 is 11.7 Å². The fourth-order valence-corrected chi connectivity index (χ4v) is 5.35. The van der Waals surface area contributed by atoms with Gasteiger partial charge in [-0.2, -0.15) is 0 Å². The summed E-state index contributed by atoms with van der Waals surface area (Å²) in [6.45, 7) is 3.84. The first-order valence-corrected chi connectivity index (χ1v) is 10.7. The van der Waals surface area contributed by atoms with Crippen LogP contribution >= 0.6 is 0 Å². The van der Waals surface area contributed by atoms with Crippen LogP contribution in [-0.4, -0.2) is 60.5 Å². The lowest BCUT2D eigenvalue weighted by atomic mass is 9.77. The molecule has 5 nitrogen and oxygen atoms in total. The molecule has 148 valence electrons. The molecule has 1 aromatic rings. The minimum atomic E-state index is -0.118. The lowest BCUT2D eigenvalue weighted by molar-refractivity contribution is -0.149. The van der Waals surface area contributed by atoms with E-state index in [0.717, 1.165) is 44.8 Å². The molecule has 1 saturated carbocycles. The van der Waals surface area contributed by atoms with Crippen LogP contribution in [0.5, 0.6) is 0 Å². The van der Waals surface area contributed by atoms with Crippen molar-refractivity contribution in [2.75, 3.05) is 38.6 Å². The van der Waals surface area contributed by atoms with Gasteiger partial charge in [0.1, 0.15) is 5.82 Å². The van der Waals surface area contributed by atoms with E-state index in [1.807, 2.05) is 25.2 Å². The molecule has 3 aliphatic rings. The van der Waals surface area contributed by atoms with E-state index in [1.54, 1.807) is 0 Å². The summed E-state index contributed by atoms with van der Waals surface area (Å²) in [5.41, 5.74) is 1.12. The molecule has 3 heterocycles. The number of aromatic nitrogens is 1. The van der Waals surface area contributed by atoms with E-state index in [4.69, 9.17) is 0 Å². The Labute approximate surface area is 163 Å². The SMILES string of the molecule is CN(C)c1ccc(CN2CC[C@@]3(CCCN(C4CCCCC4)C3=O)C2)cn1. The zero-order chi connectivity index (χ0) is 18.9. The van der Waals surface area contributed by atoms with Crippen molar-refractivity contribution in [2.24, 2.45) is 5.41 Å². The number of nitrogens with zero attached hydrogens (tertiary/aromatic N) is 4. The molecule has 27 heavy (non-hydrogen) atoms. The maximum Gasteiger partial charge on any atom is 0.230 e. The Morgan fingerprint density at radius 1 is 1.11 bits per heavy atom. The van der Waals surface area contributed by atoms with Crippen LogP contribution in [0.4, 0.5) is 5.82 Å².